The third-order valence-electron chi connectivity index (χ3n) is 4.99. The number of hydrogen-bond donors (Lipinski definition) is 2. The molecule has 0 bridgehead atoms. The summed E-state index contributed by atoms with van der Waals surface area (Å²) in [7, 11) is 0. The lowest BCUT2D eigenvalue weighted by atomic mass is 10.1. The molecule has 28 heavy (non-hydrogen) atoms. The van der Waals surface area contributed by atoms with Gasteiger partial charge in [-0.25, -0.2) is 0 Å². The number of amides is 1. The maximum atomic E-state index is 13.1. The van der Waals surface area contributed by atoms with Crippen LogP contribution in [0.25, 0.3) is 0 Å². The molecule has 1 aliphatic heterocycles. The summed E-state index contributed by atoms with van der Waals surface area (Å²) in [6.07, 6.45) is 0. The molecule has 5 heteroatoms. The lowest BCUT2D eigenvalue weighted by molar-refractivity contribution is 0.0748. The van der Waals surface area contributed by atoms with E-state index in [4.69, 9.17) is 0 Å². The van der Waals surface area contributed by atoms with Crippen LogP contribution >= 0.6 is 0 Å². The number of aromatic hydroxyl groups is 1. The second-order valence-corrected chi connectivity index (χ2v) is 6.83. The summed E-state index contributed by atoms with van der Waals surface area (Å²) in [6, 6.07) is 24.7. The van der Waals surface area contributed by atoms with Crippen LogP contribution in [0.4, 0.5) is 17.1 Å². The molecule has 5 nitrogen and oxygen atoms in total. The normalized spacial score (nSPS) is 14.0. The number of phenolic OH excluding ortho intramolecular Hbond substituents is 1. The Morgan fingerprint density at radius 1 is 0.786 bits per heavy atom. The molecule has 0 aliphatic carbocycles. The fourth-order valence-corrected chi connectivity index (χ4v) is 3.46. The third kappa shape index (κ3) is 3.93. The van der Waals surface area contributed by atoms with E-state index < -0.39 is 0 Å². The van der Waals surface area contributed by atoms with Crippen LogP contribution in [0.2, 0.25) is 0 Å². The smallest absolute Gasteiger partial charge is 0.256 e. The highest BCUT2D eigenvalue weighted by molar-refractivity contribution is 6.00. The maximum absolute atomic E-state index is 13.1. The van der Waals surface area contributed by atoms with E-state index in [-0.39, 0.29) is 11.7 Å². The van der Waals surface area contributed by atoms with Gasteiger partial charge in [0.2, 0.25) is 0 Å². The molecule has 3 aromatic carbocycles. The van der Waals surface area contributed by atoms with Gasteiger partial charge in [0.15, 0.2) is 0 Å². The van der Waals surface area contributed by atoms with Crippen LogP contribution in [0.3, 0.4) is 0 Å². The molecule has 0 aromatic heterocycles. The molecule has 0 saturated carbocycles. The number of rotatable bonds is 4. The van der Waals surface area contributed by atoms with Gasteiger partial charge in [0.1, 0.15) is 5.75 Å². The number of anilines is 3. The summed E-state index contributed by atoms with van der Waals surface area (Å²) in [5, 5.41) is 12.8. The maximum Gasteiger partial charge on any atom is 0.256 e. The largest absolute Gasteiger partial charge is 0.508 e. The Labute approximate surface area is 164 Å². The van der Waals surface area contributed by atoms with E-state index in [2.05, 4.69) is 10.2 Å². The standard InChI is InChI=1S/C23H23N3O2/c27-20-12-10-19(11-13-20)25-14-16-26(17-15-25)23(28)21-8-4-5-9-22(21)24-18-6-2-1-3-7-18/h1-13,24,27H,14-17H2. The number of hydrogen-bond acceptors (Lipinski definition) is 4. The predicted octanol–water partition coefficient (Wildman–Crippen LogP) is 4.10. The van der Waals surface area contributed by atoms with Gasteiger partial charge in [0, 0.05) is 37.6 Å². The Hall–Kier alpha value is -3.47. The SMILES string of the molecule is O=C(c1ccccc1Nc1ccccc1)N1CCN(c2ccc(O)cc2)CC1. The molecule has 1 aliphatic rings. The average molecular weight is 373 g/mol. The van der Waals surface area contributed by atoms with Gasteiger partial charge in [-0.05, 0) is 48.5 Å². The Morgan fingerprint density at radius 2 is 1.43 bits per heavy atom. The van der Waals surface area contributed by atoms with E-state index in [1.807, 2.05) is 71.6 Å². The number of nitrogens with zero attached hydrogens (tertiary/aromatic N) is 2. The van der Waals surface area contributed by atoms with Crippen LogP contribution < -0.4 is 10.2 Å². The first-order valence-corrected chi connectivity index (χ1v) is 9.45. The van der Waals surface area contributed by atoms with Crippen LogP contribution in [-0.2, 0) is 0 Å². The number of benzene rings is 3. The zero-order valence-corrected chi connectivity index (χ0v) is 15.6. The molecular formula is C23H23N3O2. The molecule has 0 radical (unpaired) electrons. The highest BCUT2D eigenvalue weighted by Gasteiger charge is 2.24. The number of para-hydroxylation sites is 2. The number of piperazine rings is 1. The molecule has 1 amide bonds. The van der Waals surface area contributed by atoms with Gasteiger partial charge in [0.25, 0.3) is 5.91 Å². The van der Waals surface area contributed by atoms with Crippen molar-refractivity contribution in [1.29, 1.82) is 0 Å². The first-order chi connectivity index (χ1) is 13.7. The molecule has 2 N–H and O–H groups in total. The van der Waals surface area contributed by atoms with Gasteiger partial charge in [0.05, 0.1) is 11.3 Å². The van der Waals surface area contributed by atoms with Crippen LogP contribution in [0, 0.1) is 0 Å². The molecule has 0 unspecified atom stereocenters. The van der Waals surface area contributed by atoms with Crippen LogP contribution in [0.1, 0.15) is 10.4 Å². The van der Waals surface area contributed by atoms with Crippen molar-refractivity contribution >= 4 is 23.0 Å². The average Bonchev–Trinajstić information content (AvgIpc) is 2.75. The van der Waals surface area contributed by atoms with E-state index in [9.17, 15) is 9.90 Å². The molecule has 4 rings (SSSR count). The fraction of sp³-hybridized carbons (Fsp3) is 0.174. The molecule has 0 spiro atoms. The van der Waals surface area contributed by atoms with Crippen molar-refractivity contribution in [3.05, 3.63) is 84.4 Å². The summed E-state index contributed by atoms with van der Waals surface area (Å²) in [4.78, 5) is 17.3. The second kappa shape index (κ2) is 8.05. The minimum Gasteiger partial charge on any atom is -0.508 e. The van der Waals surface area contributed by atoms with Crippen LogP contribution in [0.5, 0.6) is 5.75 Å². The molecule has 3 aromatic rings. The van der Waals surface area contributed by atoms with Crippen molar-refractivity contribution in [3.8, 4) is 5.75 Å². The van der Waals surface area contributed by atoms with Crippen molar-refractivity contribution in [1.82, 2.24) is 4.90 Å². The molecule has 1 saturated heterocycles. The quantitative estimate of drug-likeness (QED) is 0.723. The Bertz CT molecular complexity index is 934. The molecule has 0 atom stereocenters. The summed E-state index contributed by atoms with van der Waals surface area (Å²) >= 11 is 0. The summed E-state index contributed by atoms with van der Waals surface area (Å²) in [5.41, 5.74) is 3.53. The second-order valence-electron chi connectivity index (χ2n) is 6.83. The molecule has 142 valence electrons. The number of nitrogens with one attached hydrogen (secondary N) is 1. The van der Waals surface area contributed by atoms with E-state index in [0.29, 0.717) is 18.7 Å². The molecule has 1 fully saturated rings. The number of carbonyl (C=O) groups excluding carboxylic acids is 1. The zero-order chi connectivity index (χ0) is 19.3. The Balaban J connectivity index is 1.45. The summed E-state index contributed by atoms with van der Waals surface area (Å²) in [5.74, 6) is 0.310. The monoisotopic (exact) mass is 373 g/mol. The van der Waals surface area contributed by atoms with Gasteiger partial charge in [-0.15, -0.1) is 0 Å². The van der Waals surface area contributed by atoms with Gasteiger partial charge in [-0.2, -0.15) is 0 Å². The van der Waals surface area contributed by atoms with E-state index >= 15 is 0 Å². The topological polar surface area (TPSA) is 55.8 Å². The van der Waals surface area contributed by atoms with Gasteiger partial charge >= 0.3 is 0 Å². The van der Waals surface area contributed by atoms with Crippen LogP contribution in [0.15, 0.2) is 78.9 Å². The first-order valence-electron chi connectivity index (χ1n) is 9.45. The van der Waals surface area contributed by atoms with Crippen molar-refractivity contribution in [3.63, 3.8) is 0 Å². The first kappa shape index (κ1) is 17.9. The molecular weight excluding hydrogens is 350 g/mol. The highest BCUT2D eigenvalue weighted by Crippen LogP contribution is 2.24. The Kier molecular flexibility index (Phi) is 5.15. The number of phenols is 1. The van der Waals surface area contributed by atoms with E-state index in [1.165, 1.54) is 0 Å². The zero-order valence-electron chi connectivity index (χ0n) is 15.6. The number of carbonyl (C=O) groups is 1. The third-order valence-corrected chi connectivity index (χ3v) is 4.99. The summed E-state index contributed by atoms with van der Waals surface area (Å²) < 4.78 is 0. The lowest BCUT2D eigenvalue weighted by Gasteiger charge is -2.36. The minimum atomic E-state index is 0.0457. The van der Waals surface area contributed by atoms with E-state index in [0.717, 1.165) is 30.2 Å². The van der Waals surface area contributed by atoms with Crippen molar-refractivity contribution in [2.45, 2.75) is 0 Å². The van der Waals surface area contributed by atoms with Crippen molar-refractivity contribution < 1.29 is 9.90 Å². The van der Waals surface area contributed by atoms with Crippen LogP contribution in [-0.4, -0.2) is 42.1 Å². The van der Waals surface area contributed by atoms with Crippen molar-refractivity contribution in [2.24, 2.45) is 0 Å². The van der Waals surface area contributed by atoms with Gasteiger partial charge < -0.3 is 20.2 Å². The minimum absolute atomic E-state index is 0.0457. The Morgan fingerprint density at radius 3 is 2.14 bits per heavy atom. The highest BCUT2D eigenvalue weighted by atomic mass is 16.3. The van der Waals surface area contributed by atoms with E-state index in [1.54, 1.807) is 12.1 Å². The molecule has 1 heterocycles. The summed E-state index contributed by atoms with van der Waals surface area (Å²) in [6.45, 7) is 2.87. The lowest BCUT2D eigenvalue weighted by Crippen LogP contribution is -2.48. The fourth-order valence-electron chi connectivity index (χ4n) is 3.46. The van der Waals surface area contributed by atoms with Gasteiger partial charge in [-0.1, -0.05) is 30.3 Å². The van der Waals surface area contributed by atoms with Gasteiger partial charge in [-0.3, -0.25) is 4.79 Å². The predicted molar refractivity (Wildman–Crippen MR) is 112 cm³/mol. The van der Waals surface area contributed by atoms with Crippen molar-refractivity contribution in [2.75, 3.05) is 36.4 Å².